The molecule has 0 unspecified atom stereocenters. The second kappa shape index (κ2) is 8.78. The van der Waals surface area contributed by atoms with Crippen LogP contribution in [-0.4, -0.2) is 27.7 Å². The van der Waals surface area contributed by atoms with E-state index in [1.807, 2.05) is 31.2 Å². The number of aromatic amines is 1. The van der Waals surface area contributed by atoms with Crippen molar-refractivity contribution in [1.29, 1.82) is 0 Å². The van der Waals surface area contributed by atoms with Crippen molar-refractivity contribution < 1.29 is 14.6 Å². The maximum atomic E-state index is 12.5. The molecule has 1 aromatic carbocycles. The number of hydrogen-bond donors (Lipinski definition) is 2. The van der Waals surface area contributed by atoms with Crippen LogP contribution < -0.4 is 10.3 Å². The summed E-state index contributed by atoms with van der Waals surface area (Å²) in [4.78, 5) is 31.2. The van der Waals surface area contributed by atoms with E-state index in [1.165, 1.54) is 0 Å². The van der Waals surface area contributed by atoms with Gasteiger partial charge in [0.2, 0.25) is 5.75 Å². The molecule has 1 aliphatic carbocycles. The molecule has 2 aromatic rings. The first kappa shape index (κ1) is 20.4. The predicted octanol–water partition coefficient (Wildman–Crippen LogP) is 4.35. The topological polar surface area (TPSA) is 92.3 Å². The number of carbonyl (C=O) groups is 1. The Labute approximate surface area is 168 Å². The minimum Gasteiger partial charge on any atom is -0.486 e. The summed E-state index contributed by atoms with van der Waals surface area (Å²) >= 11 is 6.03. The number of benzene rings is 1. The molecular formula is C21H25ClN2O4. The fourth-order valence-electron chi connectivity index (χ4n) is 3.93. The Morgan fingerprint density at radius 3 is 2.57 bits per heavy atom. The summed E-state index contributed by atoms with van der Waals surface area (Å²) < 4.78 is 5.42. The van der Waals surface area contributed by atoms with Gasteiger partial charge in [-0.25, -0.2) is 9.78 Å². The number of unbranched alkanes of at least 4 members (excludes halogenated alkanes) is 1. The average molecular weight is 405 g/mol. The molecule has 6 nitrogen and oxygen atoms in total. The van der Waals surface area contributed by atoms with Crippen LogP contribution in [0.25, 0.3) is 0 Å². The predicted molar refractivity (Wildman–Crippen MR) is 108 cm³/mol. The quantitative estimate of drug-likeness (QED) is 0.638. The van der Waals surface area contributed by atoms with Crippen molar-refractivity contribution >= 4 is 17.6 Å². The van der Waals surface area contributed by atoms with E-state index in [4.69, 9.17) is 16.3 Å². The van der Waals surface area contributed by atoms with Gasteiger partial charge in [0.15, 0.2) is 5.69 Å². The molecule has 0 spiro atoms. The van der Waals surface area contributed by atoms with Gasteiger partial charge >= 0.3 is 5.97 Å². The minimum atomic E-state index is -1.26. The number of nitrogens with zero attached hydrogens (tertiary/aromatic N) is 1. The first-order valence-electron chi connectivity index (χ1n) is 9.70. The summed E-state index contributed by atoms with van der Waals surface area (Å²) in [6, 6.07) is 7.74. The first-order chi connectivity index (χ1) is 13.4. The molecule has 3 rings (SSSR count). The number of hydrogen-bond acceptors (Lipinski definition) is 4. The van der Waals surface area contributed by atoms with Gasteiger partial charge in [-0.15, -0.1) is 0 Å². The van der Waals surface area contributed by atoms with Gasteiger partial charge in [-0.05, 0) is 37.0 Å². The third-order valence-corrected chi connectivity index (χ3v) is 5.65. The second-order valence-electron chi connectivity index (χ2n) is 7.37. The Balaban J connectivity index is 1.95. The summed E-state index contributed by atoms with van der Waals surface area (Å²) in [6.45, 7) is 2.28. The van der Waals surface area contributed by atoms with Crippen molar-refractivity contribution in [3.63, 3.8) is 0 Å². The highest BCUT2D eigenvalue weighted by Gasteiger charge is 2.37. The standard InChI is InChI=1S/C21H25ClN2O4/c1-2-3-12-28-18-17(20(26)27)23-16(24-19(18)25)13-21(10-4-5-11-21)14-6-8-15(22)9-7-14/h6-9H,2-5,10-13H2,1H3,(H,26,27)(H,23,24,25). The molecule has 0 radical (unpaired) electrons. The molecule has 1 aliphatic rings. The van der Waals surface area contributed by atoms with Gasteiger partial charge in [0.05, 0.1) is 6.61 Å². The van der Waals surface area contributed by atoms with E-state index in [0.717, 1.165) is 44.1 Å². The lowest BCUT2D eigenvalue weighted by Gasteiger charge is -2.29. The lowest BCUT2D eigenvalue weighted by Crippen LogP contribution is -2.29. The Kier molecular flexibility index (Phi) is 6.39. The van der Waals surface area contributed by atoms with E-state index in [1.54, 1.807) is 0 Å². The highest BCUT2D eigenvalue weighted by atomic mass is 35.5. The van der Waals surface area contributed by atoms with Crippen molar-refractivity contribution in [2.45, 2.75) is 57.3 Å². The summed E-state index contributed by atoms with van der Waals surface area (Å²) in [7, 11) is 0. The first-order valence-corrected chi connectivity index (χ1v) is 10.1. The monoisotopic (exact) mass is 404 g/mol. The van der Waals surface area contributed by atoms with Gasteiger partial charge in [0.1, 0.15) is 5.82 Å². The number of halogens is 1. The smallest absolute Gasteiger partial charge is 0.358 e. The number of H-pyrrole nitrogens is 1. The van der Waals surface area contributed by atoms with Crippen LogP contribution in [-0.2, 0) is 11.8 Å². The number of aromatic carboxylic acids is 1. The molecule has 0 atom stereocenters. The molecule has 1 saturated carbocycles. The fraction of sp³-hybridized carbons (Fsp3) is 0.476. The van der Waals surface area contributed by atoms with Crippen LogP contribution in [0.3, 0.4) is 0 Å². The van der Waals surface area contributed by atoms with Crippen LogP contribution in [0.4, 0.5) is 0 Å². The van der Waals surface area contributed by atoms with Crippen molar-refractivity contribution in [3.8, 4) is 5.75 Å². The zero-order valence-electron chi connectivity index (χ0n) is 16.0. The number of carboxylic acids is 1. The third kappa shape index (κ3) is 4.38. The van der Waals surface area contributed by atoms with Crippen LogP contribution in [0.1, 0.15) is 67.3 Å². The molecule has 1 heterocycles. The van der Waals surface area contributed by atoms with Crippen LogP contribution in [0.5, 0.6) is 5.75 Å². The Bertz CT molecular complexity index is 886. The molecule has 150 valence electrons. The summed E-state index contributed by atoms with van der Waals surface area (Å²) in [6.07, 6.45) is 6.16. The molecule has 1 fully saturated rings. The highest BCUT2D eigenvalue weighted by molar-refractivity contribution is 6.30. The number of ether oxygens (including phenoxy) is 1. The molecule has 1 aromatic heterocycles. The lowest BCUT2D eigenvalue weighted by molar-refractivity contribution is 0.0684. The largest absolute Gasteiger partial charge is 0.486 e. The summed E-state index contributed by atoms with van der Waals surface area (Å²) in [5.41, 5.74) is 0.0972. The zero-order chi connectivity index (χ0) is 20.1. The SMILES string of the molecule is CCCCOc1c(C(=O)O)nc(CC2(c3ccc(Cl)cc3)CCCC2)[nH]c1=O. The van der Waals surface area contributed by atoms with E-state index in [2.05, 4.69) is 9.97 Å². The van der Waals surface area contributed by atoms with Gasteiger partial charge in [-0.3, -0.25) is 4.79 Å². The van der Waals surface area contributed by atoms with Crippen LogP contribution in [0.2, 0.25) is 5.02 Å². The van der Waals surface area contributed by atoms with Gasteiger partial charge in [-0.2, -0.15) is 0 Å². The van der Waals surface area contributed by atoms with Crippen LogP contribution in [0.15, 0.2) is 29.1 Å². The molecule has 0 bridgehead atoms. The minimum absolute atomic E-state index is 0.180. The van der Waals surface area contributed by atoms with Gasteiger partial charge in [0.25, 0.3) is 5.56 Å². The maximum Gasteiger partial charge on any atom is 0.358 e. The molecule has 0 saturated heterocycles. The zero-order valence-corrected chi connectivity index (χ0v) is 16.7. The normalized spacial score (nSPS) is 15.5. The number of nitrogens with one attached hydrogen (secondary N) is 1. The molecule has 0 amide bonds. The Morgan fingerprint density at radius 2 is 1.96 bits per heavy atom. The van der Waals surface area contributed by atoms with Crippen molar-refractivity contribution in [3.05, 3.63) is 56.7 Å². The summed E-state index contributed by atoms with van der Waals surface area (Å²) in [5, 5.41) is 10.2. The van der Waals surface area contributed by atoms with Crippen LogP contribution in [0, 0.1) is 0 Å². The fourth-order valence-corrected chi connectivity index (χ4v) is 4.06. The Hall–Kier alpha value is -2.34. The third-order valence-electron chi connectivity index (χ3n) is 5.40. The molecule has 0 aliphatic heterocycles. The molecular weight excluding hydrogens is 380 g/mol. The maximum absolute atomic E-state index is 12.5. The van der Waals surface area contributed by atoms with Crippen molar-refractivity contribution in [2.75, 3.05) is 6.61 Å². The van der Waals surface area contributed by atoms with E-state index in [9.17, 15) is 14.7 Å². The van der Waals surface area contributed by atoms with E-state index in [-0.39, 0.29) is 23.5 Å². The number of carboxylic acid groups (broad SMARTS) is 1. The van der Waals surface area contributed by atoms with Crippen molar-refractivity contribution in [1.82, 2.24) is 9.97 Å². The summed E-state index contributed by atoms with van der Waals surface area (Å²) in [5.74, 6) is -1.09. The van der Waals surface area contributed by atoms with E-state index >= 15 is 0 Å². The molecule has 7 heteroatoms. The highest BCUT2D eigenvalue weighted by Crippen LogP contribution is 2.43. The second-order valence-corrected chi connectivity index (χ2v) is 7.81. The van der Waals surface area contributed by atoms with E-state index in [0.29, 0.717) is 17.3 Å². The van der Waals surface area contributed by atoms with Gasteiger partial charge in [0, 0.05) is 16.9 Å². The Morgan fingerprint density at radius 1 is 1.29 bits per heavy atom. The average Bonchev–Trinajstić information content (AvgIpc) is 3.13. The number of rotatable bonds is 8. The van der Waals surface area contributed by atoms with E-state index < -0.39 is 11.5 Å². The van der Waals surface area contributed by atoms with Crippen LogP contribution >= 0.6 is 11.6 Å². The van der Waals surface area contributed by atoms with Gasteiger partial charge < -0.3 is 14.8 Å². The molecule has 28 heavy (non-hydrogen) atoms. The van der Waals surface area contributed by atoms with Gasteiger partial charge in [-0.1, -0.05) is 49.9 Å². The lowest BCUT2D eigenvalue weighted by atomic mass is 9.76. The molecule has 2 N–H and O–H groups in total. The number of aromatic nitrogens is 2. The van der Waals surface area contributed by atoms with Crippen molar-refractivity contribution in [2.24, 2.45) is 0 Å².